The van der Waals surface area contributed by atoms with E-state index < -0.39 is 17.5 Å². The number of amides is 1. The monoisotopic (exact) mass is 389 g/mol. The van der Waals surface area contributed by atoms with Crippen molar-refractivity contribution in [3.8, 4) is 0 Å². The molecule has 1 amide bonds. The lowest BCUT2D eigenvalue weighted by Crippen LogP contribution is -2.57. The summed E-state index contributed by atoms with van der Waals surface area (Å²) in [6.07, 6.45) is 0.859. The van der Waals surface area contributed by atoms with Gasteiger partial charge in [0.25, 0.3) is 5.91 Å². The number of aliphatic carboxylic acids is 1. The van der Waals surface area contributed by atoms with Crippen molar-refractivity contribution >= 4 is 28.3 Å². The van der Waals surface area contributed by atoms with Gasteiger partial charge in [-0.2, -0.15) is 0 Å². The van der Waals surface area contributed by atoms with Gasteiger partial charge in [-0.25, -0.2) is 4.98 Å². The molecule has 1 fully saturated rings. The second kappa shape index (κ2) is 8.06. The number of carboxylic acids is 1. The van der Waals surface area contributed by atoms with Crippen molar-refractivity contribution in [2.45, 2.75) is 31.8 Å². The molecule has 3 rings (SSSR count). The Labute approximate surface area is 161 Å². The molecule has 8 heteroatoms. The summed E-state index contributed by atoms with van der Waals surface area (Å²) in [6, 6.07) is 9.80. The molecule has 0 unspecified atom stereocenters. The molecule has 0 aliphatic carbocycles. The molecule has 0 radical (unpaired) electrons. The Bertz CT molecular complexity index is 810. The van der Waals surface area contributed by atoms with E-state index in [0.717, 1.165) is 12.0 Å². The number of hydrogen-bond donors (Lipinski definition) is 3. The molecule has 2 heterocycles. The topological polar surface area (TPSA) is 117 Å². The molecular formula is C19H23N3O4S. The highest BCUT2D eigenvalue weighted by molar-refractivity contribution is 7.13. The predicted molar refractivity (Wildman–Crippen MR) is 103 cm³/mol. The summed E-state index contributed by atoms with van der Waals surface area (Å²) in [6.45, 7) is 0.264. The fraction of sp³-hybridized carbons (Fsp3) is 0.421. The minimum absolute atomic E-state index is 0.0332. The summed E-state index contributed by atoms with van der Waals surface area (Å²) >= 11 is 1.17. The number of aryl methyl sites for hydroxylation is 1. The van der Waals surface area contributed by atoms with E-state index in [1.807, 2.05) is 30.3 Å². The number of aliphatic hydroxyl groups is 1. The standard InChI is InChI=1S/C19H23N3O4S/c20-18-21-14(11-27-18)16(24)22-10-8-15(23)19(12-22,17(25)26)9-4-7-13-5-2-1-3-6-13/h1-3,5-6,11,15,23H,4,7-10,12H2,(H2,20,21)(H,25,26)/t15-,19+/m0/s1. The number of aliphatic hydroxyl groups excluding tert-OH is 1. The number of anilines is 1. The normalized spacial score (nSPS) is 22.6. The van der Waals surface area contributed by atoms with Crippen molar-refractivity contribution in [1.82, 2.24) is 9.88 Å². The summed E-state index contributed by atoms with van der Waals surface area (Å²) in [4.78, 5) is 30.2. The number of thiazole rings is 1. The van der Waals surface area contributed by atoms with Gasteiger partial charge in [0.2, 0.25) is 0 Å². The zero-order valence-electron chi connectivity index (χ0n) is 14.9. The first-order valence-electron chi connectivity index (χ1n) is 8.88. The molecule has 0 saturated carbocycles. The van der Waals surface area contributed by atoms with Crippen LogP contribution in [0.1, 0.15) is 35.3 Å². The highest BCUT2D eigenvalue weighted by Crippen LogP contribution is 2.36. The van der Waals surface area contributed by atoms with Crippen molar-refractivity contribution in [3.05, 3.63) is 47.0 Å². The molecular weight excluding hydrogens is 366 g/mol. The van der Waals surface area contributed by atoms with E-state index >= 15 is 0 Å². The first-order valence-corrected chi connectivity index (χ1v) is 9.76. The van der Waals surface area contributed by atoms with E-state index in [0.29, 0.717) is 24.5 Å². The van der Waals surface area contributed by atoms with Crippen LogP contribution in [0.2, 0.25) is 0 Å². The van der Waals surface area contributed by atoms with Crippen molar-refractivity contribution in [1.29, 1.82) is 0 Å². The predicted octanol–water partition coefficient (Wildman–Crippen LogP) is 2.03. The molecule has 144 valence electrons. The summed E-state index contributed by atoms with van der Waals surface area (Å²) in [5, 5.41) is 22.3. The largest absolute Gasteiger partial charge is 0.481 e. The summed E-state index contributed by atoms with van der Waals surface area (Å²) in [7, 11) is 0. The third-order valence-corrected chi connectivity index (χ3v) is 5.84. The van der Waals surface area contributed by atoms with Crippen LogP contribution in [0.15, 0.2) is 35.7 Å². The van der Waals surface area contributed by atoms with Crippen LogP contribution < -0.4 is 5.73 Å². The Balaban J connectivity index is 1.73. The van der Waals surface area contributed by atoms with Gasteiger partial charge in [-0.1, -0.05) is 30.3 Å². The number of piperidine rings is 1. The van der Waals surface area contributed by atoms with Gasteiger partial charge in [0.05, 0.1) is 6.10 Å². The number of nitrogens with two attached hydrogens (primary N) is 1. The van der Waals surface area contributed by atoms with E-state index in [-0.39, 0.29) is 24.6 Å². The van der Waals surface area contributed by atoms with Gasteiger partial charge >= 0.3 is 5.97 Å². The molecule has 0 spiro atoms. The van der Waals surface area contributed by atoms with Crippen molar-refractivity contribution < 1.29 is 19.8 Å². The number of likely N-dealkylation sites (tertiary alicyclic amines) is 1. The second-order valence-corrected chi connectivity index (χ2v) is 7.79. The van der Waals surface area contributed by atoms with Gasteiger partial charge < -0.3 is 20.8 Å². The fourth-order valence-electron chi connectivity index (χ4n) is 3.62. The zero-order valence-corrected chi connectivity index (χ0v) is 15.7. The molecule has 2 atom stereocenters. The van der Waals surface area contributed by atoms with E-state index in [1.165, 1.54) is 16.2 Å². The van der Waals surface area contributed by atoms with Gasteiger partial charge in [0.15, 0.2) is 5.13 Å². The molecule has 0 bridgehead atoms. The number of rotatable bonds is 6. The first kappa shape index (κ1) is 19.3. The van der Waals surface area contributed by atoms with Gasteiger partial charge in [-0.15, -0.1) is 11.3 Å². The Morgan fingerprint density at radius 3 is 2.70 bits per heavy atom. The van der Waals surface area contributed by atoms with Crippen LogP contribution in [0.4, 0.5) is 5.13 Å². The maximum Gasteiger partial charge on any atom is 0.314 e. The molecule has 2 aromatic rings. The summed E-state index contributed by atoms with van der Waals surface area (Å²) in [5.41, 5.74) is 5.56. The second-order valence-electron chi connectivity index (χ2n) is 6.90. The molecule has 4 N–H and O–H groups in total. The molecule has 1 saturated heterocycles. The highest BCUT2D eigenvalue weighted by Gasteiger charge is 2.49. The van der Waals surface area contributed by atoms with Crippen LogP contribution in [0, 0.1) is 5.41 Å². The number of hydrogen-bond acceptors (Lipinski definition) is 6. The van der Waals surface area contributed by atoms with Crippen molar-refractivity contribution in [2.75, 3.05) is 18.8 Å². The highest BCUT2D eigenvalue weighted by atomic mass is 32.1. The van der Waals surface area contributed by atoms with Gasteiger partial charge in [-0.3, -0.25) is 9.59 Å². The van der Waals surface area contributed by atoms with E-state index in [2.05, 4.69) is 4.98 Å². The Morgan fingerprint density at radius 2 is 2.07 bits per heavy atom. The van der Waals surface area contributed by atoms with Crippen LogP contribution in [-0.2, 0) is 11.2 Å². The number of aromatic nitrogens is 1. The van der Waals surface area contributed by atoms with Crippen LogP contribution in [0.5, 0.6) is 0 Å². The number of nitrogen functional groups attached to an aromatic ring is 1. The van der Waals surface area contributed by atoms with Crippen LogP contribution in [0.25, 0.3) is 0 Å². The maximum atomic E-state index is 12.7. The first-order chi connectivity index (χ1) is 12.9. The Kier molecular flexibility index (Phi) is 5.76. The molecule has 1 aliphatic rings. The molecule has 1 aromatic carbocycles. The van der Waals surface area contributed by atoms with Gasteiger partial charge in [-0.05, 0) is 31.2 Å². The third kappa shape index (κ3) is 4.12. The Morgan fingerprint density at radius 1 is 1.33 bits per heavy atom. The van der Waals surface area contributed by atoms with E-state index in [1.54, 1.807) is 5.38 Å². The average molecular weight is 389 g/mol. The minimum atomic E-state index is -1.37. The smallest absolute Gasteiger partial charge is 0.314 e. The van der Waals surface area contributed by atoms with Crippen LogP contribution >= 0.6 is 11.3 Å². The van der Waals surface area contributed by atoms with Crippen molar-refractivity contribution in [2.24, 2.45) is 5.41 Å². The molecule has 7 nitrogen and oxygen atoms in total. The lowest BCUT2D eigenvalue weighted by Gasteiger charge is -2.43. The molecule has 1 aliphatic heterocycles. The number of benzene rings is 1. The molecule has 1 aromatic heterocycles. The lowest BCUT2D eigenvalue weighted by atomic mass is 9.73. The van der Waals surface area contributed by atoms with Gasteiger partial charge in [0, 0.05) is 18.5 Å². The number of nitrogens with zero attached hydrogens (tertiary/aromatic N) is 2. The average Bonchev–Trinajstić information content (AvgIpc) is 3.10. The van der Waals surface area contributed by atoms with E-state index in [4.69, 9.17) is 5.73 Å². The summed E-state index contributed by atoms with van der Waals surface area (Å²) in [5.74, 6) is -1.41. The lowest BCUT2D eigenvalue weighted by molar-refractivity contribution is -0.162. The van der Waals surface area contributed by atoms with Crippen LogP contribution in [0.3, 0.4) is 0 Å². The minimum Gasteiger partial charge on any atom is -0.481 e. The zero-order chi connectivity index (χ0) is 19.4. The van der Waals surface area contributed by atoms with Crippen LogP contribution in [-0.4, -0.2) is 51.2 Å². The molecule has 27 heavy (non-hydrogen) atoms. The third-order valence-electron chi connectivity index (χ3n) is 5.17. The summed E-state index contributed by atoms with van der Waals surface area (Å²) < 4.78 is 0. The Hall–Kier alpha value is -2.45. The quantitative estimate of drug-likeness (QED) is 0.696. The fourth-order valence-corrected chi connectivity index (χ4v) is 4.15. The van der Waals surface area contributed by atoms with E-state index in [9.17, 15) is 19.8 Å². The SMILES string of the molecule is Nc1nc(C(=O)N2CC[C@H](O)[C@](CCCc3ccccc3)(C(=O)O)C2)cs1. The van der Waals surface area contributed by atoms with Gasteiger partial charge in [0.1, 0.15) is 11.1 Å². The number of carbonyl (C=O) groups is 2. The number of carbonyl (C=O) groups excluding carboxylic acids is 1. The number of carboxylic acid groups (broad SMARTS) is 1. The van der Waals surface area contributed by atoms with Crippen molar-refractivity contribution in [3.63, 3.8) is 0 Å². The maximum absolute atomic E-state index is 12.7.